The number of hydrogen-bond donors (Lipinski definition) is 1. The highest BCUT2D eigenvalue weighted by molar-refractivity contribution is 6.32. The van der Waals surface area contributed by atoms with Crippen LogP contribution in [0.15, 0.2) is 6.07 Å². The zero-order valence-corrected chi connectivity index (χ0v) is 8.69. The molecule has 0 bridgehead atoms. The zero-order valence-electron chi connectivity index (χ0n) is 7.93. The molecule has 1 heterocycles. The average molecular weight is 255 g/mol. The molecule has 1 rings (SSSR count). The molecule has 0 aromatic carbocycles. The van der Waals surface area contributed by atoms with Crippen LogP contribution in [-0.2, 0) is 6.18 Å². The maximum Gasteiger partial charge on any atom is 0.417 e. The van der Waals surface area contributed by atoms with Gasteiger partial charge in [0.1, 0.15) is 5.15 Å². The van der Waals surface area contributed by atoms with Crippen LogP contribution in [-0.4, -0.2) is 18.0 Å². The molecule has 0 spiro atoms. The Bertz CT molecular complexity index is 434. The predicted octanol–water partition coefficient (Wildman–Crippen LogP) is 1.86. The minimum atomic E-state index is -4.76. The maximum absolute atomic E-state index is 12.6. The van der Waals surface area contributed by atoms with Crippen LogP contribution in [0, 0.1) is 0 Å². The van der Waals surface area contributed by atoms with Crippen LogP contribution >= 0.6 is 11.6 Å². The lowest BCUT2D eigenvalue weighted by molar-refractivity contribution is -0.138. The molecule has 0 saturated heterocycles. The zero-order chi connectivity index (χ0) is 12.5. The first kappa shape index (κ1) is 12.6. The quantitative estimate of drug-likeness (QED) is 0.819. The Hall–Kier alpha value is -1.50. The highest BCUT2D eigenvalue weighted by Gasteiger charge is 2.37. The van der Waals surface area contributed by atoms with Gasteiger partial charge in [0.25, 0.3) is 5.91 Å². The number of aromatic nitrogens is 1. The van der Waals surface area contributed by atoms with Crippen LogP contribution in [0.25, 0.3) is 0 Å². The van der Waals surface area contributed by atoms with Crippen molar-refractivity contribution in [1.82, 2.24) is 4.98 Å². The molecule has 0 radical (unpaired) electrons. The van der Waals surface area contributed by atoms with E-state index in [1.165, 1.54) is 0 Å². The number of halogens is 4. The molecule has 0 aliphatic carbocycles. The number of amides is 1. The van der Waals surface area contributed by atoms with Gasteiger partial charge in [-0.1, -0.05) is 11.6 Å². The molecular formula is C8H6ClF3N2O2. The number of nitrogens with zero attached hydrogens (tertiary/aromatic N) is 1. The average Bonchev–Trinajstić information content (AvgIpc) is 2.14. The number of carbonyl (C=O) groups excluding carboxylic acids is 1. The van der Waals surface area contributed by atoms with Crippen LogP contribution in [0.3, 0.4) is 0 Å². The van der Waals surface area contributed by atoms with E-state index in [0.717, 1.165) is 7.11 Å². The first-order chi connectivity index (χ1) is 7.27. The molecule has 0 aliphatic rings. The van der Waals surface area contributed by atoms with Crippen molar-refractivity contribution in [3.05, 3.63) is 22.3 Å². The van der Waals surface area contributed by atoms with E-state index in [1.807, 2.05) is 0 Å². The summed E-state index contributed by atoms with van der Waals surface area (Å²) in [6.45, 7) is 0. The van der Waals surface area contributed by atoms with Gasteiger partial charge in [-0.25, -0.2) is 4.98 Å². The van der Waals surface area contributed by atoms with Gasteiger partial charge in [-0.15, -0.1) is 0 Å². The molecule has 0 saturated carbocycles. The second kappa shape index (κ2) is 4.17. The number of ether oxygens (including phenoxy) is 1. The van der Waals surface area contributed by atoms with Crippen LogP contribution in [0.5, 0.6) is 5.88 Å². The lowest BCUT2D eigenvalue weighted by Gasteiger charge is -2.12. The molecule has 0 atom stereocenters. The summed E-state index contributed by atoms with van der Waals surface area (Å²) < 4.78 is 42.2. The number of nitrogens with two attached hydrogens (primary N) is 1. The SMILES string of the molecule is COc1cc(C(F)(F)F)c(C(N)=O)c(Cl)n1. The molecule has 1 aromatic rings. The lowest BCUT2D eigenvalue weighted by Crippen LogP contribution is -2.20. The van der Waals surface area contributed by atoms with Crippen molar-refractivity contribution in [3.63, 3.8) is 0 Å². The number of methoxy groups -OCH3 is 1. The summed E-state index contributed by atoms with van der Waals surface area (Å²) in [5.74, 6) is -1.64. The third-order valence-corrected chi connectivity index (χ3v) is 1.99. The first-order valence-corrected chi connectivity index (χ1v) is 4.26. The van der Waals surface area contributed by atoms with E-state index >= 15 is 0 Å². The number of pyridine rings is 1. The summed E-state index contributed by atoms with van der Waals surface area (Å²) in [5, 5.41) is -0.640. The van der Waals surface area contributed by atoms with Crippen LogP contribution in [0.2, 0.25) is 5.15 Å². The summed E-state index contributed by atoms with van der Waals surface area (Å²) in [4.78, 5) is 14.3. The van der Waals surface area contributed by atoms with Gasteiger partial charge in [0.05, 0.1) is 18.2 Å². The summed E-state index contributed by atoms with van der Waals surface area (Å²) in [5.41, 5.74) is 2.67. The van der Waals surface area contributed by atoms with Gasteiger partial charge in [-0.05, 0) is 0 Å². The fourth-order valence-electron chi connectivity index (χ4n) is 1.05. The van der Waals surface area contributed by atoms with Crippen molar-refractivity contribution in [1.29, 1.82) is 0 Å². The molecule has 4 nitrogen and oxygen atoms in total. The van der Waals surface area contributed by atoms with Gasteiger partial charge < -0.3 is 10.5 Å². The Morgan fingerprint density at radius 3 is 2.50 bits per heavy atom. The number of carbonyl (C=O) groups is 1. The normalized spacial score (nSPS) is 11.3. The van der Waals surface area contributed by atoms with E-state index in [2.05, 4.69) is 9.72 Å². The highest BCUT2D eigenvalue weighted by atomic mass is 35.5. The van der Waals surface area contributed by atoms with Crippen molar-refractivity contribution in [2.24, 2.45) is 5.73 Å². The number of hydrogen-bond acceptors (Lipinski definition) is 3. The molecular weight excluding hydrogens is 249 g/mol. The largest absolute Gasteiger partial charge is 0.481 e. The van der Waals surface area contributed by atoms with Crippen molar-refractivity contribution in [2.45, 2.75) is 6.18 Å². The molecule has 0 aliphatic heterocycles. The number of primary amides is 1. The van der Waals surface area contributed by atoms with Gasteiger partial charge in [0, 0.05) is 6.07 Å². The van der Waals surface area contributed by atoms with Gasteiger partial charge in [0.2, 0.25) is 5.88 Å². The summed E-state index contributed by atoms with van der Waals surface area (Å²) in [6.07, 6.45) is -4.76. The topological polar surface area (TPSA) is 65.2 Å². The van der Waals surface area contributed by atoms with E-state index in [1.54, 1.807) is 0 Å². The van der Waals surface area contributed by atoms with Gasteiger partial charge >= 0.3 is 6.18 Å². The Kier molecular flexibility index (Phi) is 3.27. The predicted molar refractivity (Wildman–Crippen MR) is 49.3 cm³/mol. The molecule has 1 amide bonds. The van der Waals surface area contributed by atoms with E-state index in [0.29, 0.717) is 6.07 Å². The third kappa shape index (κ3) is 2.35. The lowest BCUT2D eigenvalue weighted by atomic mass is 10.1. The Morgan fingerprint density at radius 1 is 1.56 bits per heavy atom. The fourth-order valence-corrected chi connectivity index (χ4v) is 1.33. The standard InChI is InChI=1S/C8H6ClF3N2O2/c1-16-4-2-3(8(10,11)12)5(7(13)15)6(9)14-4/h2H,1H3,(H2,13,15). The Morgan fingerprint density at radius 2 is 2.12 bits per heavy atom. The molecule has 0 unspecified atom stereocenters. The van der Waals surface area contributed by atoms with E-state index in [-0.39, 0.29) is 5.88 Å². The van der Waals surface area contributed by atoms with Crippen molar-refractivity contribution < 1.29 is 22.7 Å². The smallest absolute Gasteiger partial charge is 0.417 e. The summed E-state index contributed by atoms with van der Waals surface area (Å²) in [7, 11) is 1.13. The second-order valence-corrected chi connectivity index (χ2v) is 3.10. The van der Waals surface area contributed by atoms with Crippen LogP contribution in [0.4, 0.5) is 13.2 Å². The Labute approximate surface area is 93.2 Å². The number of alkyl halides is 3. The van der Waals surface area contributed by atoms with Crippen molar-refractivity contribution in [3.8, 4) is 5.88 Å². The van der Waals surface area contributed by atoms with E-state index in [4.69, 9.17) is 17.3 Å². The molecule has 0 fully saturated rings. The Balaban J connectivity index is 3.53. The van der Waals surface area contributed by atoms with Crippen molar-refractivity contribution in [2.75, 3.05) is 7.11 Å². The molecule has 16 heavy (non-hydrogen) atoms. The van der Waals surface area contributed by atoms with Crippen molar-refractivity contribution >= 4 is 17.5 Å². The molecule has 1 aromatic heterocycles. The monoisotopic (exact) mass is 254 g/mol. The van der Waals surface area contributed by atoms with Gasteiger partial charge in [0.15, 0.2) is 0 Å². The highest BCUT2D eigenvalue weighted by Crippen LogP contribution is 2.36. The van der Waals surface area contributed by atoms with Gasteiger partial charge in [-0.2, -0.15) is 13.2 Å². The second-order valence-electron chi connectivity index (χ2n) is 2.74. The molecule has 2 N–H and O–H groups in total. The minimum absolute atomic E-state index is 0.345. The van der Waals surface area contributed by atoms with Gasteiger partial charge in [-0.3, -0.25) is 4.79 Å². The molecule has 8 heteroatoms. The fraction of sp³-hybridized carbons (Fsp3) is 0.250. The minimum Gasteiger partial charge on any atom is -0.481 e. The van der Waals surface area contributed by atoms with Crippen LogP contribution < -0.4 is 10.5 Å². The maximum atomic E-state index is 12.6. The number of rotatable bonds is 2. The molecule has 88 valence electrons. The van der Waals surface area contributed by atoms with E-state index < -0.39 is 28.4 Å². The van der Waals surface area contributed by atoms with Crippen LogP contribution in [0.1, 0.15) is 15.9 Å². The summed E-state index contributed by atoms with van der Waals surface area (Å²) >= 11 is 5.42. The van der Waals surface area contributed by atoms with E-state index in [9.17, 15) is 18.0 Å². The summed E-state index contributed by atoms with van der Waals surface area (Å²) in [6, 6.07) is 0.561. The first-order valence-electron chi connectivity index (χ1n) is 3.89. The third-order valence-electron chi connectivity index (χ3n) is 1.71.